The van der Waals surface area contributed by atoms with Crippen molar-refractivity contribution in [2.45, 2.75) is 97.9 Å². The van der Waals surface area contributed by atoms with Gasteiger partial charge in [-0.2, -0.15) is 0 Å². The van der Waals surface area contributed by atoms with E-state index in [1.54, 1.807) is 26.8 Å². The molecule has 0 spiro atoms. The van der Waals surface area contributed by atoms with Crippen molar-refractivity contribution in [1.29, 1.82) is 0 Å². The van der Waals surface area contributed by atoms with Crippen molar-refractivity contribution in [2.75, 3.05) is 13.2 Å². The molecule has 0 radical (unpaired) electrons. The van der Waals surface area contributed by atoms with Crippen LogP contribution in [0.5, 0.6) is 0 Å². The summed E-state index contributed by atoms with van der Waals surface area (Å²) in [7, 11) is 0. The van der Waals surface area contributed by atoms with Crippen molar-refractivity contribution in [2.24, 2.45) is 5.73 Å². The normalized spacial score (nSPS) is 13.7. The van der Waals surface area contributed by atoms with Crippen molar-refractivity contribution < 1.29 is 29.0 Å². The van der Waals surface area contributed by atoms with Gasteiger partial charge in [-0.25, -0.2) is 4.79 Å². The van der Waals surface area contributed by atoms with Crippen molar-refractivity contribution in [3.05, 3.63) is 34.9 Å². The van der Waals surface area contributed by atoms with E-state index in [0.29, 0.717) is 5.56 Å². The summed E-state index contributed by atoms with van der Waals surface area (Å²) in [6.07, 6.45) is 0.504. The molecule has 5 N–H and O–H groups in total. The van der Waals surface area contributed by atoms with Gasteiger partial charge < -0.3 is 31.1 Å². The van der Waals surface area contributed by atoms with E-state index in [1.807, 2.05) is 39.8 Å². The molecule has 3 atom stereocenters. The van der Waals surface area contributed by atoms with E-state index in [0.717, 1.165) is 24.0 Å². The zero-order chi connectivity index (χ0) is 28.3. The zero-order valence-corrected chi connectivity index (χ0v) is 23.2. The molecule has 0 fully saturated rings. The third-order valence-electron chi connectivity index (χ3n) is 5.68. The molecule has 4 amide bonds. The highest BCUT2D eigenvalue weighted by atomic mass is 16.6. The van der Waals surface area contributed by atoms with Crippen molar-refractivity contribution >= 4 is 23.8 Å². The second-order valence-electron chi connectivity index (χ2n) is 10.4. The van der Waals surface area contributed by atoms with Crippen LogP contribution in [0.3, 0.4) is 0 Å². The molecule has 37 heavy (non-hydrogen) atoms. The van der Waals surface area contributed by atoms with Gasteiger partial charge in [-0.3, -0.25) is 14.4 Å². The van der Waals surface area contributed by atoms with Crippen molar-refractivity contribution in [1.82, 2.24) is 15.5 Å². The maximum Gasteiger partial charge on any atom is 0.408 e. The number of nitrogens with zero attached hydrogens (tertiary/aromatic N) is 1. The minimum absolute atomic E-state index is 0.0944. The maximum absolute atomic E-state index is 13.9. The van der Waals surface area contributed by atoms with Gasteiger partial charge in [0.05, 0.1) is 6.61 Å². The summed E-state index contributed by atoms with van der Waals surface area (Å²) in [5.74, 6) is -1.68. The molecule has 0 aliphatic carbocycles. The maximum atomic E-state index is 13.9. The highest BCUT2D eigenvalue weighted by molar-refractivity contribution is 5.92. The summed E-state index contributed by atoms with van der Waals surface area (Å²) in [6, 6.07) is 3.14. The number of aliphatic hydroxyl groups is 1. The molecular formula is C27H44N4O6. The predicted molar refractivity (Wildman–Crippen MR) is 142 cm³/mol. The van der Waals surface area contributed by atoms with Crippen LogP contribution >= 0.6 is 0 Å². The van der Waals surface area contributed by atoms with E-state index in [9.17, 15) is 24.3 Å². The van der Waals surface area contributed by atoms with Crippen LogP contribution in [0.15, 0.2) is 18.2 Å². The van der Waals surface area contributed by atoms with Gasteiger partial charge in [0, 0.05) is 19.0 Å². The standard InChI is InChI=1S/C27H44N4O6/c1-8-9-19(4)29-24(34)23(20-11-10-17(2)16-18(20)3)31(14-15-32)25(35)21(12-13-22(28)33)30-26(36)37-27(5,6)7/h10-11,16,19,21,23,32H,8-9,12-15H2,1-7H3,(H2,28,33)(H,29,34)(H,30,36). The van der Waals surface area contributed by atoms with E-state index in [1.165, 1.54) is 4.90 Å². The van der Waals surface area contributed by atoms with Gasteiger partial charge in [0.15, 0.2) is 0 Å². The number of carbonyl (C=O) groups is 4. The van der Waals surface area contributed by atoms with Gasteiger partial charge in [-0.15, -0.1) is 0 Å². The van der Waals surface area contributed by atoms with Crippen LogP contribution < -0.4 is 16.4 Å². The molecule has 10 nitrogen and oxygen atoms in total. The lowest BCUT2D eigenvalue weighted by molar-refractivity contribution is -0.143. The molecular weight excluding hydrogens is 476 g/mol. The van der Waals surface area contributed by atoms with Crippen LogP contribution in [-0.4, -0.2) is 64.7 Å². The number of carbonyl (C=O) groups excluding carboxylic acids is 4. The number of benzene rings is 1. The molecule has 0 aromatic heterocycles. The SMILES string of the molecule is CCCC(C)NC(=O)C(c1ccc(C)cc1C)N(CCO)C(=O)C(CCC(N)=O)NC(=O)OC(C)(C)C. The Bertz CT molecular complexity index is 943. The van der Waals surface area contributed by atoms with Gasteiger partial charge in [0.2, 0.25) is 17.7 Å². The Morgan fingerprint density at radius 1 is 1.11 bits per heavy atom. The van der Waals surface area contributed by atoms with Gasteiger partial charge >= 0.3 is 6.09 Å². The summed E-state index contributed by atoms with van der Waals surface area (Å²) in [5.41, 5.74) is 6.88. The molecule has 1 aromatic carbocycles. The smallest absolute Gasteiger partial charge is 0.408 e. The summed E-state index contributed by atoms with van der Waals surface area (Å²) >= 11 is 0. The molecule has 10 heteroatoms. The van der Waals surface area contributed by atoms with Crippen molar-refractivity contribution in [3.8, 4) is 0 Å². The molecule has 0 aliphatic rings. The predicted octanol–water partition coefficient (Wildman–Crippen LogP) is 2.63. The first kappa shape index (κ1) is 31.9. The summed E-state index contributed by atoms with van der Waals surface area (Å²) in [6.45, 7) is 12.1. The van der Waals surface area contributed by atoms with E-state index < -0.39 is 48.1 Å². The topological polar surface area (TPSA) is 151 Å². The molecule has 3 unspecified atom stereocenters. The van der Waals surface area contributed by atoms with Gasteiger partial charge in [-0.05, 0) is 65.5 Å². The number of rotatable bonds is 13. The van der Waals surface area contributed by atoms with Crippen LogP contribution in [0.4, 0.5) is 4.79 Å². The number of primary amides is 1. The van der Waals surface area contributed by atoms with Crippen LogP contribution in [0, 0.1) is 13.8 Å². The van der Waals surface area contributed by atoms with E-state index in [2.05, 4.69) is 10.6 Å². The second kappa shape index (κ2) is 14.6. The quantitative estimate of drug-likeness (QED) is 0.314. The minimum atomic E-state index is -1.21. The number of aliphatic hydroxyl groups excluding tert-OH is 1. The molecule has 1 rings (SSSR count). The number of alkyl carbamates (subject to hydrolysis) is 1. The molecule has 208 valence electrons. The third kappa shape index (κ3) is 10.8. The van der Waals surface area contributed by atoms with E-state index >= 15 is 0 Å². The average molecular weight is 521 g/mol. The van der Waals surface area contributed by atoms with Gasteiger partial charge in [0.1, 0.15) is 17.7 Å². The fourth-order valence-corrected chi connectivity index (χ4v) is 4.08. The summed E-state index contributed by atoms with van der Waals surface area (Å²) in [5, 5.41) is 15.4. The molecule has 0 saturated heterocycles. The van der Waals surface area contributed by atoms with Crippen LogP contribution in [0.2, 0.25) is 0 Å². The van der Waals surface area contributed by atoms with Crippen LogP contribution in [0.25, 0.3) is 0 Å². The number of amides is 4. The first-order chi connectivity index (χ1) is 17.2. The van der Waals surface area contributed by atoms with Crippen molar-refractivity contribution in [3.63, 3.8) is 0 Å². The Morgan fingerprint density at radius 2 is 1.76 bits per heavy atom. The number of aryl methyl sites for hydroxylation is 2. The Balaban J connectivity index is 3.51. The Hall–Kier alpha value is -3.14. The number of nitrogens with two attached hydrogens (primary N) is 1. The van der Waals surface area contributed by atoms with E-state index in [-0.39, 0.29) is 25.4 Å². The summed E-state index contributed by atoms with van der Waals surface area (Å²) in [4.78, 5) is 52.8. The van der Waals surface area contributed by atoms with Crippen LogP contribution in [0.1, 0.15) is 83.0 Å². The van der Waals surface area contributed by atoms with E-state index in [4.69, 9.17) is 10.5 Å². The van der Waals surface area contributed by atoms with Gasteiger partial charge in [-0.1, -0.05) is 37.1 Å². The fourth-order valence-electron chi connectivity index (χ4n) is 4.08. The summed E-state index contributed by atoms with van der Waals surface area (Å²) < 4.78 is 5.30. The highest BCUT2D eigenvalue weighted by Crippen LogP contribution is 2.27. The van der Waals surface area contributed by atoms with Crippen LogP contribution in [-0.2, 0) is 19.1 Å². The number of nitrogens with one attached hydrogen (secondary N) is 2. The monoisotopic (exact) mass is 520 g/mol. The highest BCUT2D eigenvalue weighted by Gasteiger charge is 2.37. The lowest BCUT2D eigenvalue weighted by atomic mass is 9.95. The molecule has 1 aromatic rings. The molecule has 0 saturated carbocycles. The fraction of sp³-hybridized carbons (Fsp3) is 0.630. The lowest BCUT2D eigenvalue weighted by Crippen LogP contribution is -2.54. The number of ether oxygens (including phenoxy) is 1. The Kier molecular flexibility index (Phi) is 12.6. The minimum Gasteiger partial charge on any atom is -0.444 e. The number of hydrogen-bond acceptors (Lipinski definition) is 6. The Morgan fingerprint density at radius 3 is 2.27 bits per heavy atom. The molecule has 0 bridgehead atoms. The lowest BCUT2D eigenvalue weighted by Gasteiger charge is -2.35. The molecule has 0 heterocycles. The Labute approximate surface area is 220 Å². The first-order valence-corrected chi connectivity index (χ1v) is 12.8. The van der Waals surface area contributed by atoms with Gasteiger partial charge in [0.25, 0.3) is 0 Å². The molecule has 0 aliphatic heterocycles. The third-order valence-corrected chi connectivity index (χ3v) is 5.68. The zero-order valence-electron chi connectivity index (χ0n) is 23.2. The first-order valence-electron chi connectivity index (χ1n) is 12.8. The average Bonchev–Trinajstić information content (AvgIpc) is 2.75. The number of hydrogen-bond donors (Lipinski definition) is 4. The second-order valence-corrected chi connectivity index (χ2v) is 10.4. The largest absolute Gasteiger partial charge is 0.444 e.